The predicted octanol–water partition coefficient (Wildman–Crippen LogP) is -5.45. The highest BCUT2D eigenvalue weighted by Gasteiger charge is 2.37. The quantitative estimate of drug-likeness (QED) is 0.0283. The number of guanidine groups is 1. The molecule has 1 aromatic rings. The molecule has 382 valence electrons. The van der Waals surface area contributed by atoms with Crippen molar-refractivity contribution in [1.82, 2.24) is 42.5 Å². The molecule has 1 aromatic carbocycles. The summed E-state index contributed by atoms with van der Waals surface area (Å²) in [5.41, 5.74) is 30.0. The van der Waals surface area contributed by atoms with Crippen LogP contribution < -0.4 is 71.2 Å². The minimum absolute atomic E-state index is 0.00908. The molecule has 24 heteroatoms. The molecule has 0 radical (unpaired) electrons. The summed E-state index contributed by atoms with van der Waals surface area (Å²) in [6.45, 7) is 5.45. The molecule has 0 saturated carbocycles. The minimum Gasteiger partial charge on any atom is -0.389 e. The summed E-state index contributed by atoms with van der Waals surface area (Å²) >= 11 is 0. The van der Waals surface area contributed by atoms with Gasteiger partial charge in [0.05, 0.1) is 18.2 Å². The molecule has 68 heavy (non-hydrogen) atoms. The Balaban J connectivity index is 2.62. The van der Waals surface area contributed by atoms with Gasteiger partial charge in [-0.2, -0.15) is 0 Å². The molecule has 0 aliphatic carbocycles. The maximum Gasteiger partial charge on any atom is 0.268 e. The van der Waals surface area contributed by atoms with Crippen molar-refractivity contribution < 1.29 is 48.9 Å². The number of hydrogen-bond acceptors (Lipinski definition) is 15. The van der Waals surface area contributed by atoms with Crippen molar-refractivity contribution >= 4 is 47.3 Å². The number of carbonyl (C=O) groups excluding carboxylic acids is 7. The van der Waals surface area contributed by atoms with E-state index in [1.54, 1.807) is 0 Å². The van der Waals surface area contributed by atoms with E-state index in [9.17, 15) is 48.9 Å². The van der Waals surface area contributed by atoms with E-state index in [0.29, 0.717) is 19.3 Å². The topological polar surface area (TPSA) is 419 Å². The molecule has 7 amide bonds. The van der Waals surface area contributed by atoms with E-state index in [1.807, 2.05) is 45.0 Å². The monoisotopic (exact) mass is 961 g/mol. The number of β-amino-alcohol motifs (C(OH)–C–C–N with tert-alkyl or cyclic N) is 1. The zero-order valence-electron chi connectivity index (χ0n) is 39.6. The predicted molar refractivity (Wildman–Crippen MR) is 254 cm³/mol. The lowest BCUT2D eigenvalue weighted by molar-refractivity contribution is -0.137. The van der Waals surface area contributed by atoms with E-state index in [2.05, 4.69) is 47.5 Å². The lowest BCUT2D eigenvalue weighted by Crippen LogP contribution is -2.64. The van der Waals surface area contributed by atoms with Crippen molar-refractivity contribution in [2.45, 2.75) is 134 Å². The number of aryl methyl sites for hydroxylation is 2. The van der Waals surface area contributed by atoms with E-state index in [0.717, 1.165) is 17.5 Å². The molecule has 9 atom stereocenters. The first-order valence-corrected chi connectivity index (χ1v) is 23.1. The third kappa shape index (κ3) is 20.2. The molecule has 1 heterocycles. The second-order valence-electron chi connectivity index (χ2n) is 17.0. The summed E-state index contributed by atoms with van der Waals surface area (Å²) < 4.78 is 0. The number of nitrogens with zero attached hydrogens (tertiary/aromatic N) is 1. The summed E-state index contributed by atoms with van der Waals surface area (Å²) in [6.07, 6.45) is -1.79. The minimum atomic E-state index is -1.89. The van der Waals surface area contributed by atoms with Crippen LogP contribution in [0.25, 0.3) is 0 Å². The Morgan fingerprint density at radius 2 is 1.41 bits per heavy atom. The van der Waals surface area contributed by atoms with Crippen LogP contribution in [0.1, 0.15) is 77.3 Å². The van der Waals surface area contributed by atoms with Crippen molar-refractivity contribution in [2.24, 2.45) is 39.6 Å². The van der Waals surface area contributed by atoms with Gasteiger partial charge in [-0.25, -0.2) is 0 Å². The van der Waals surface area contributed by atoms with E-state index in [4.69, 9.17) is 28.7 Å². The van der Waals surface area contributed by atoms with Crippen molar-refractivity contribution in [3.63, 3.8) is 0 Å². The summed E-state index contributed by atoms with van der Waals surface area (Å²) in [6, 6.07) is -0.565. The highest BCUT2D eigenvalue weighted by molar-refractivity contribution is 6.01. The van der Waals surface area contributed by atoms with Gasteiger partial charge in [0.15, 0.2) is 5.96 Å². The molecule has 2 rings (SSSR count). The SMILES string of the molecule is C/C=C1\NC(=O)C(NC(=O)CCCc2ccc(CC)cc2)C(O)CNC(=O)C(C(O)CN)NC(=O)C(C(O)CN)NC(=O)[C@H](CCCN=C(N)N)NC[C@H](CC(C)C)NC(=O)[C@H](CCN)NC1=O. The van der Waals surface area contributed by atoms with Gasteiger partial charge in [0.2, 0.25) is 35.4 Å². The van der Waals surface area contributed by atoms with Gasteiger partial charge in [-0.1, -0.05) is 51.1 Å². The number of carbonyl (C=O) groups is 7. The van der Waals surface area contributed by atoms with Gasteiger partial charge in [-0.05, 0) is 75.5 Å². The Hall–Kier alpha value is -5.76. The first kappa shape index (κ1) is 58.4. The Kier molecular flexibility index (Phi) is 26.3. The molecule has 0 bridgehead atoms. The van der Waals surface area contributed by atoms with Gasteiger partial charge in [-0.3, -0.25) is 38.6 Å². The number of aliphatic hydroxyl groups is 3. The first-order valence-electron chi connectivity index (χ1n) is 23.1. The molecule has 1 saturated heterocycles. The fourth-order valence-electron chi connectivity index (χ4n) is 7.17. The average molecular weight is 961 g/mol. The summed E-state index contributed by atoms with van der Waals surface area (Å²) in [4.78, 5) is 100. The normalized spacial score (nSPS) is 24.6. The number of nitrogens with two attached hydrogens (primary N) is 5. The smallest absolute Gasteiger partial charge is 0.268 e. The number of rotatable bonds is 18. The van der Waals surface area contributed by atoms with Crippen LogP contribution in [0, 0.1) is 5.92 Å². The van der Waals surface area contributed by atoms with Gasteiger partial charge in [0.1, 0.15) is 36.0 Å². The van der Waals surface area contributed by atoms with Gasteiger partial charge >= 0.3 is 0 Å². The van der Waals surface area contributed by atoms with Crippen LogP contribution in [-0.4, -0.2) is 156 Å². The van der Waals surface area contributed by atoms with E-state index < -0.39 is 116 Å². The van der Waals surface area contributed by atoms with Crippen LogP contribution in [0.3, 0.4) is 0 Å². The average Bonchev–Trinajstić information content (AvgIpc) is 3.30. The third-order valence-corrected chi connectivity index (χ3v) is 11.0. The number of aliphatic imine (C=N–C) groups is 1. The standard InChI is InChI=1S/C44H76N14O10/c1-5-25-12-14-26(15-13-25)9-7-11-34(62)56-37-33(61)23-52-41(66)35(31(59)20-46)58-43(68)36(32(60)21-47)57-39(64)29(10-8-18-50-44(48)49)51-22-27(19-24(3)4)53-40(65)30(16-17-45)55-38(63)28(6-2)54-42(37)67/h6,12-15,24,27,29-33,35-37,51,59-61H,5,7-11,16-23,45-47H2,1-4H3,(H,52,66)(H,53,65)(H,54,67)(H,55,63)(H,56,62)(H,57,64)(H,58,68)(H4,48,49,50)/b28-6-/t27-,29-,30-,31?,32?,33?,35?,36?,37?/m0/s1. The van der Waals surface area contributed by atoms with Crippen LogP contribution >= 0.6 is 0 Å². The number of allylic oxidation sites excluding steroid dienone is 1. The molecule has 24 nitrogen and oxygen atoms in total. The van der Waals surface area contributed by atoms with Crippen LogP contribution in [0.15, 0.2) is 41.0 Å². The Labute approximate surface area is 397 Å². The van der Waals surface area contributed by atoms with Gasteiger partial charge in [0.25, 0.3) is 5.91 Å². The van der Waals surface area contributed by atoms with Crippen LogP contribution in [0.2, 0.25) is 0 Å². The molecule has 1 aliphatic heterocycles. The van der Waals surface area contributed by atoms with Crippen LogP contribution in [0.4, 0.5) is 0 Å². The first-order chi connectivity index (χ1) is 32.3. The molecule has 0 spiro atoms. The van der Waals surface area contributed by atoms with Gasteiger partial charge in [-0.15, -0.1) is 0 Å². The zero-order valence-corrected chi connectivity index (χ0v) is 39.6. The number of aliphatic hydroxyl groups excluding tert-OH is 3. The molecular weight excluding hydrogens is 885 g/mol. The third-order valence-electron chi connectivity index (χ3n) is 11.0. The highest BCUT2D eigenvalue weighted by atomic mass is 16.3. The second kappa shape index (κ2) is 30.6. The lowest BCUT2D eigenvalue weighted by atomic mass is 10.0. The van der Waals surface area contributed by atoms with Crippen molar-refractivity contribution in [1.29, 1.82) is 0 Å². The molecule has 0 aromatic heterocycles. The van der Waals surface area contributed by atoms with Crippen molar-refractivity contribution in [3.8, 4) is 0 Å². The van der Waals surface area contributed by atoms with E-state index in [1.165, 1.54) is 13.0 Å². The molecule has 6 unspecified atom stereocenters. The fourth-order valence-corrected chi connectivity index (χ4v) is 7.17. The van der Waals surface area contributed by atoms with Crippen LogP contribution in [0.5, 0.6) is 0 Å². The molecule has 1 aliphatic rings. The van der Waals surface area contributed by atoms with E-state index in [-0.39, 0.29) is 62.9 Å². The molecule has 1 fully saturated rings. The molecule has 21 N–H and O–H groups in total. The van der Waals surface area contributed by atoms with Gasteiger partial charge < -0.3 is 86.5 Å². The second-order valence-corrected chi connectivity index (χ2v) is 17.0. The maximum atomic E-state index is 14.0. The Bertz CT molecular complexity index is 1860. The summed E-state index contributed by atoms with van der Waals surface area (Å²) in [5.74, 6) is -6.52. The Morgan fingerprint density at radius 1 is 0.809 bits per heavy atom. The van der Waals surface area contributed by atoms with Crippen molar-refractivity contribution in [3.05, 3.63) is 47.2 Å². The van der Waals surface area contributed by atoms with E-state index >= 15 is 0 Å². The number of benzene rings is 1. The number of amides is 7. The zero-order chi connectivity index (χ0) is 50.9. The lowest BCUT2D eigenvalue weighted by Gasteiger charge is -2.30. The largest absolute Gasteiger partial charge is 0.389 e. The van der Waals surface area contributed by atoms with Crippen LogP contribution in [-0.2, 0) is 46.4 Å². The number of hydrogen-bond donors (Lipinski definition) is 16. The Morgan fingerprint density at radius 3 is 1.99 bits per heavy atom. The summed E-state index contributed by atoms with van der Waals surface area (Å²) in [5, 5.41) is 53.7. The highest BCUT2D eigenvalue weighted by Crippen LogP contribution is 2.11. The fraction of sp³-hybridized carbons (Fsp3) is 0.636. The molecular formula is C44H76N14O10. The number of nitrogens with one attached hydrogen (secondary N) is 8. The van der Waals surface area contributed by atoms with Crippen molar-refractivity contribution in [2.75, 3.05) is 39.3 Å². The maximum absolute atomic E-state index is 14.0. The summed E-state index contributed by atoms with van der Waals surface area (Å²) in [7, 11) is 0. The van der Waals surface area contributed by atoms with Gasteiger partial charge in [0, 0.05) is 45.2 Å².